The molecule has 138 valence electrons. The molecule has 26 heavy (non-hydrogen) atoms. The summed E-state index contributed by atoms with van der Waals surface area (Å²) in [5, 5.41) is 4.25. The van der Waals surface area contributed by atoms with Gasteiger partial charge in [0.05, 0.1) is 12.7 Å². The van der Waals surface area contributed by atoms with Gasteiger partial charge >= 0.3 is 5.97 Å². The maximum atomic E-state index is 12.3. The van der Waals surface area contributed by atoms with E-state index in [2.05, 4.69) is 5.32 Å². The quantitative estimate of drug-likeness (QED) is 0.527. The number of thiophene rings is 1. The van der Waals surface area contributed by atoms with Crippen LogP contribution in [-0.2, 0) is 22.4 Å². The molecule has 0 unspecified atom stereocenters. The van der Waals surface area contributed by atoms with Gasteiger partial charge in [-0.2, -0.15) is 0 Å². The summed E-state index contributed by atoms with van der Waals surface area (Å²) in [6, 6.07) is 7.55. The Balaban J connectivity index is 1.62. The Hall–Kier alpha value is -1.50. The molecule has 0 atom stereocenters. The smallest absolute Gasteiger partial charge is 0.341 e. The van der Waals surface area contributed by atoms with Crippen LogP contribution in [0.15, 0.2) is 29.2 Å². The SMILES string of the molecule is COC(=O)c1c(NC(=O)CCSc2ccc(Cl)cc2)sc2c1CCCC2. The highest BCUT2D eigenvalue weighted by Crippen LogP contribution is 2.38. The van der Waals surface area contributed by atoms with Gasteiger partial charge in [0.25, 0.3) is 0 Å². The van der Waals surface area contributed by atoms with Gasteiger partial charge in [0.1, 0.15) is 5.00 Å². The van der Waals surface area contributed by atoms with Crippen LogP contribution in [-0.4, -0.2) is 24.7 Å². The molecule has 1 aliphatic carbocycles. The number of fused-ring (bicyclic) bond motifs is 1. The van der Waals surface area contributed by atoms with Crippen molar-refractivity contribution < 1.29 is 14.3 Å². The van der Waals surface area contributed by atoms with Crippen LogP contribution in [0.1, 0.15) is 40.1 Å². The normalized spacial score (nSPS) is 13.2. The summed E-state index contributed by atoms with van der Waals surface area (Å²) in [5.41, 5.74) is 1.60. The summed E-state index contributed by atoms with van der Waals surface area (Å²) < 4.78 is 4.93. The van der Waals surface area contributed by atoms with Gasteiger partial charge in [-0.25, -0.2) is 4.79 Å². The maximum absolute atomic E-state index is 12.3. The lowest BCUT2D eigenvalue weighted by Gasteiger charge is -2.11. The third-order valence-corrected chi connectivity index (χ3v) is 6.70. The first-order valence-electron chi connectivity index (χ1n) is 8.49. The molecule has 1 amide bonds. The van der Waals surface area contributed by atoms with Crippen molar-refractivity contribution in [1.82, 2.24) is 0 Å². The number of carbonyl (C=O) groups is 2. The van der Waals surface area contributed by atoms with Gasteiger partial charge < -0.3 is 10.1 Å². The van der Waals surface area contributed by atoms with Crippen LogP contribution in [0.2, 0.25) is 5.02 Å². The summed E-state index contributed by atoms with van der Waals surface area (Å²) in [6.45, 7) is 0. The molecule has 4 nitrogen and oxygen atoms in total. The first kappa shape index (κ1) is 19.3. The lowest BCUT2D eigenvalue weighted by atomic mass is 9.95. The van der Waals surface area contributed by atoms with Crippen molar-refractivity contribution in [2.45, 2.75) is 37.0 Å². The Morgan fingerprint density at radius 3 is 2.69 bits per heavy atom. The zero-order chi connectivity index (χ0) is 18.5. The molecular weight excluding hydrogens is 390 g/mol. The number of halogens is 1. The van der Waals surface area contributed by atoms with E-state index in [1.165, 1.54) is 23.3 Å². The van der Waals surface area contributed by atoms with Crippen molar-refractivity contribution in [3.8, 4) is 0 Å². The van der Waals surface area contributed by atoms with E-state index in [1.807, 2.05) is 24.3 Å². The third kappa shape index (κ3) is 4.61. The van der Waals surface area contributed by atoms with E-state index in [1.54, 1.807) is 11.8 Å². The molecule has 3 rings (SSSR count). The van der Waals surface area contributed by atoms with Gasteiger partial charge in [-0.3, -0.25) is 4.79 Å². The van der Waals surface area contributed by atoms with Crippen LogP contribution in [0.5, 0.6) is 0 Å². The van der Waals surface area contributed by atoms with Gasteiger partial charge in [-0.05, 0) is 55.5 Å². The molecule has 0 aliphatic heterocycles. The molecule has 7 heteroatoms. The van der Waals surface area contributed by atoms with Crippen molar-refractivity contribution in [3.63, 3.8) is 0 Å². The van der Waals surface area contributed by atoms with E-state index in [4.69, 9.17) is 16.3 Å². The summed E-state index contributed by atoms with van der Waals surface area (Å²) in [7, 11) is 1.38. The van der Waals surface area contributed by atoms with E-state index < -0.39 is 0 Å². The monoisotopic (exact) mass is 409 g/mol. The van der Waals surface area contributed by atoms with E-state index >= 15 is 0 Å². The first-order chi connectivity index (χ1) is 12.6. The number of hydrogen-bond donors (Lipinski definition) is 1. The van der Waals surface area contributed by atoms with Gasteiger partial charge in [0.15, 0.2) is 0 Å². The topological polar surface area (TPSA) is 55.4 Å². The van der Waals surface area contributed by atoms with Crippen LogP contribution in [0.25, 0.3) is 0 Å². The molecule has 0 radical (unpaired) electrons. The minimum atomic E-state index is -0.366. The van der Waals surface area contributed by atoms with Crippen LogP contribution < -0.4 is 5.32 Å². The zero-order valence-electron chi connectivity index (χ0n) is 14.5. The van der Waals surface area contributed by atoms with Gasteiger partial charge in [-0.15, -0.1) is 23.1 Å². The number of esters is 1. The van der Waals surface area contributed by atoms with Crippen LogP contribution >= 0.6 is 34.7 Å². The summed E-state index contributed by atoms with van der Waals surface area (Å²) in [4.78, 5) is 26.8. The predicted molar refractivity (Wildman–Crippen MR) is 108 cm³/mol. The Labute approximate surface area is 166 Å². The Kier molecular flexibility index (Phi) is 6.62. The first-order valence-corrected chi connectivity index (χ1v) is 10.7. The van der Waals surface area contributed by atoms with Gasteiger partial charge in [0, 0.05) is 27.0 Å². The van der Waals surface area contributed by atoms with E-state index in [0.29, 0.717) is 27.8 Å². The van der Waals surface area contributed by atoms with Crippen LogP contribution in [0.4, 0.5) is 5.00 Å². The predicted octanol–water partition coefficient (Wildman–Crippen LogP) is 5.19. The third-order valence-electron chi connectivity index (χ3n) is 4.23. The van der Waals surface area contributed by atoms with E-state index in [9.17, 15) is 9.59 Å². The maximum Gasteiger partial charge on any atom is 0.341 e. The average Bonchev–Trinajstić information content (AvgIpc) is 3.00. The number of hydrogen-bond acceptors (Lipinski definition) is 5. The Morgan fingerprint density at radius 2 is 1.96 bits per heavy atom. The van der Waals surface area contributed by atoms with Crippen LogP contribution in [0.3, 0.4) is 0 Å². The lowest BCUT2D eigenvalue weighted by molar-refractivity contribution is -0.115. The minimum absolute atomic E-state index is 0.0878. The number of amides is 1. The molecule has 1 aliphatic rings. The van der Waals surface area contributed by atoms with Crippen molar-refractivity contribution in [2.75, 3.05) is 18.2 Å². The highest BCUT2D eigenvalue weighted by atomic mass is 35.5. The molecule has 0 saturated carbocycles. The molecule has 1 aromatic heterocycles. The molecule has 1 aromatic carbocycles. The molecule has 2 aromatic rings. The molecule has 1 heterocycles. The van der Waals surface area contributed by atoms with Gasteiger partial charge in [-0.1, -0.05) is 11.6 Å². The largest absolute Gasteiger partial charge is 0.465 e. The van der Waals surface area contributed by atoms with E-state index in [0.717, 1.165) is 36.1 Å². The highest BCUT2D eigenvalue weighted by Gasteiger charge is 2.26. The fourth-order valence-corrected chi connectivity index (χ4v) is 5.22. The second kappa shape index (κ2) is 8.93. The van der Waals surface area contributed by atoms with Crippen molar-refractivity contribution in [2.24, 2.45) is 0 Å². The number of methoxy groups -OCH3 is 1. The zero-order valence-corrected chi connectivity index (χ0v) is 16.9. The number of rotatable bonds is 6. The number of carbonyl (C=O) groups excluding carboxylic acids is 2. The molecule has 0 fully saturated rings. The molecule has 0 spiro atoms. The van der Waals surface area contributed by atoms with Crippen molar-refractivity contribution in [3.05, 3.63) is 45.3 Å². The molecular formula is C19H20ClNO3S2. The second-order valence-corrected chi connectivity index (χ2v) is 8.72. The van der Waals surface area contributed by atoms with Gasteiger partial charge in [0.2, 0.25) is 5.91 Å². The lowest BCUT2D eigenvalue weighted by Crippen LogP contribution is -2.15. The average molecular weight is 410 g/mol. The second-order valence-electron chi connectivity index (χ2n) is 6.01. The van der Waals surface area contributed by atoms with Crippen molar-refractivity contribution in [1.29, 1.82) is 0 Å². The number of nitrogens with one attached hydrogen (secondary N) is 1. The van der Waals surface area contributed by atoms with Crippen molar-refractivity contribution >= 4 is 51.6 Å². The number of thioether (sulfide) groups is 1. The molecule has 1 N–H and O–H groups in total. The summed E-state index contributed by atoms with van der Waals surface area (Å²) >= 11 is 8.99. The summed E-state index contributed by atoms with van der Waals surface area (Å²) in [5.74, 6) is 0.206. The number of benzene rings is 1. The standard InChI is InChI=1S/C19H20ClNO3S2/c1-24-19(23)17-14-4-2-3-5-15(14)26-18(17)21-16(22)10-11-25-13-8-6-12(20)7-9-13/h6-9H,2-5,10-11H2,1H3,(H,21,22). The number of ether oxygens (including phenoxy) is 1. The number of aryl methyl sites for hydroxylation is 1. The summed E-state index contributed by atoms with van der Waals surface area (Å²) in [6.07, 6.45) is 4.40. The molecule has 0 saturated heterocycles. The Bertz CT molecular complexity index is 802. The minimum Gasteiger partial charge on any atom is -0.465 e. The fourth-order valence-electron chi connectivity index (χ4n) is 2.95. The Morgan fingerprint density at radius 1 is 1.23 bits per heavy atom. The van der Waals surface area contributed by atoms with Crippen LogP contribution in [0, 0.1) is 0 Å². The van der Waals surface area contributed by atoms with E-state index in [-0.39, 0.29) is 11.9 Å². The number of anilines is 1. The molecule has 0 bridgehead atoms. The fraction of sp³-hybridized carbons (Fsp3) is 0.368. The highest BCUT2D eigenvalue weighted by molar-refractivity contribution is 7.99.